The first-order chi connectivity index (χ1) is 18.4. The van der Waals surface area contributed by atoms with Gasteiger partial charge in [0.1, 0.15) is 6.04 Å². The zero-order chi connectivity index (χ0) is 27.3. The summed E-state index contributed by atoms with van der Waals surface area (Å²) in [6.07, 6.45) is 2.18. The summed E-state index contributed by atoms with van der Waals surface area (Å²) in [6.45, 7) is 2.81. The second-order valence-electron chi connectivity index (χ2n) is 8.88. The molecule has 0 unspecified atom stereocenters. The van der Waals surface area contributed by atoms with Crippen molar-refractivity contribution in [2.45, 2.75) is 44.5 Å². The molecule has 0 aromatic heterocycles. The third kappa shape index (κ3) is 8.89. The normalized spacial score (nSPS) is 11.5. The fourth-order valence-corrected chi connectivity index (χ4v) is 4.99. The van der Waals surface area contributed by atoms with Crippen LogP contribution >= 0.6 is 23.4 Å². The fraction of sp³-hybridized carbons (Fsp3) is 0.310. The number of carbonyl (C=O) groups excluding carboxylic acids is 2. The van der Waals surface area contributed by atoms with Crippen LogP contribution in [0.4, 0.5) is 5.69 Å². The summed E-state index contributed by atoms with van der Waals surface area (Å²) in [6, 6.07) is 22.6. The Morgan fingerprint density at radius 3 is 2.34 bits per heavy atom. The van der Waals surface area contributed by atoms with E-state index in [1.165, 1.54) is 23.9 Å². The molecule has 200 valence electrons. The number of halogens is 1. The highest BCUT2D eigenvalue weighted by Gasteiger charge is 2.30. The van der Waals surface area contributed by atoms with E-state index in [9.17, 15) is 19.7 Å². The lowest BCUT2D eigenvalue weighted by molar-refractivity contribution is -0.384. The van der Waals surface area contributed by atoms with Gasteiger partial charge in [0.15, 0.2) is 0 Å². The number of carbonyl (C=O) groups is 2. The number of amides is 2. The Hall–Kier alpha value is -3.36. The van der Waals surface area contributed by atoms with Crippen molar-refractivity contribution in [1.29, 1.82) is 0 Å². The number of thioether (sulfide) groups is 1. The quantitative estimate of drug-likeness (QED) is 0.149. The molecule has 3 rings (SSSR count). The monoisotopic (exact) mass is 553 g/mol. The number of rotatable bonds is 14. The smallest absolute Gasteiger partial charge is 0.269 e. The molecule has 0 saturated carbocycles. The van der Waals surface area contributed by atoms with Gasteiger partial charge in [0, 0.05) is 42.4 Å². The summed E-state index contributed by atoms with van der Waals surface area (Å²) < 4.78 is 0. The first-order valence-corrected chi connectivity index (χ1v) is 14.1. The standard InChI is InChI=1S/C29H32ClN3O4S/c1-2-3-17-31-29(35)27(18-22-9-5-4-6-10-22)32(19-24-11-7-8-12-26(24)30)28(34)21-38-20-23-13-15-25(16-14-23)33(36)37/h4-16,27H,2-3,17-21H2,1H3,(H,31,35)/t27-/m0/s1. The molecule has 3 aromatic rings. The molecule has 38 heavy (non-hydrogen) atoms. The van der Waals surface area contributed by atoms with E-state index in [0.717, 1.165) is 29.5 Å². The minimum Gasteiger partial charge on any atom is -0.354 e. The average molecular weight is 554 g/mol. The van der Waals surface area contributed by atoms with Crippen LogP contribution in [-0.2, 0) is 28.3 Å². The van der Waals surface area contributed by atoms with Crippen molar-refractivity contribution in [3.8, 4) is 0 Å². The van der Waals surface area contributed by atoms with E-state index in [1.54, 1.807) is 23.1 Å². The van der Waals surface area contributed by atoms with Crippen molar-refractivity contribution in [3.63, 3.8) is 0 Å². The molecule has 0 heterocycles. The molecule has 0 aliphatic carbocycles. The molecule has 3 aromatic carbocycles. The number of hydrogen-bond donors (Lipinski definition) is 1. The van der Waals surface area contributed by atoms with Crippen molar-refractivity contribution in [2.75, 3.05) is 12.3 Å². The van der Waals surface area contributed by atoms with Gasteiger partial charge in [0.05, 0.1) is 10.7 Å². The highest BCUT2D eigenvalue weighted by Crippen LogP contribution is 2.23. The van der Waals surface area contributed by atoms with Gasteiger partial charge in [0.25, 0.3) is 5.69 Å². The van der Waals surface area contributed by atoms with Gasteiger partial charge in [-0.2, -0.15) is 0 Å². The summed E-state index contributed by atoms with van der Waals surface area (Å²) >= 11 is 7.85. The second kappa shape index (κ2) is 15.1. The summed E-state index contributed by atoms with van der Waals surface area (Å²) in [5, 5.41) is 14.4. The topological polar surface area (TPSA) is 92.6 Å². The average Bonchev–Trinajstić information content (AvgIpc) is 2.92. The van der Waals surface area contributed by atoms with Gasteiger partial charge in [-0.3, -0.25) is 19.7 Å². The summed E-state index contributed by atoms with van der Waals surface area (Å²) in [4.78, 5) is 39.2. The highest BCUT2D eigenvalue weighted by molar-refractivity contribution is 7.99. The maximum atomic E-state index is 13.7. The lowest BCUT2D eigenvalue weighted by Gasteiger charge is -2.32. The number of unbranched alkanes of at least 4 members (excludes halogenated alkanes) is 1. The van der Waals surface area contributed by atoms with E-state index in [4.69, 9.17) is 11.6 Å². The molecular weight excluding hydrogens is 522 g/mol. The van der Waals surface area contributed by atoms with Crippen LogP contribution in [-0.4, -0.2) is 40.0 Å². The first-order valence-electron chi connectivity index (χ1n) is 12.5. The van der Waals surface area contributed by atoms with Crippen molar-refractivity contribution >= 4 is 40.9 Å². The lowest BCUT2D eigenvalue weighted by atomic mass is 10.0. The SMILES string of the molecule is CCCCNC(=O)[C@H](Cc1ccccc1)N(Cc1ccccc1Cl)C(=O)CSCc1ccc([N+](=O)[O-])cc1. The Morgan fingerprint density at radius 2 is 1.68 bits per heavy atom. The molecule has 0 spiro atoms. The molecule has 0 saturated heterocycles. The number of hydrogen-bond acceptors (Lipinski definition) is 5. The molecule has 0 bridgehead atoms. The maximum Gasteiger partial charge on any atom is 0.269 e. The van der Waals surface area contributed by atoms with Crippen LogP contribution in [0.2, 0.25) is 5.02 Å². The molecule has 7 nitrogen and oxygen atoms in total. The number of nitro benzene ring substituents is 1. The third-order valence-corrected chi connectivity index (χ3v) is 7.40. The largest absolute Gasteiger partial charge is 0.354 e. The first kappa shape index (κ1) is 29.2. The molecule has 0 fully saturated rings. The summed E-state index contributed by atoms with van der Waals surface area (Å²) in [7, 11) is 0. The Labute approximate surface area is 232 Å². The van der Waals surface area contributed by atoms with Crippen LogP contribution in [0.3, 0.4) is 0 Å². The number of nitrogens with zero attached hydrogens (tertiary/aromatic N) is 2. The van der Waals surface area contributed by atoms with Crippen LogP contribution in [0, 0.1) is 10.1 Å². The van der Waals surface area contributed by atoms with Gasteiger partial charge in [-0.1, -0.05) is 85.6 Å². The van der Waals surface area contributed by atoms with Crippen molar-refractivity contribution < 1.29 is 14.5 Å². The highest BCUT2D eigenvalue weighted by atomic mass is 35.5. The van der Waals surface area contributed by atoms with E-state index >= 15 is 0 Å². The molecule has 9 heteroatoms. The van der Waals surface area contributed by atoms with E-state index < -0.39 is 11.0 Å². The second-order valence-corrected chi connectivity index (χ2v) is 10.3. The van der Waals surface area contributed by atoms with Crippen molar-refractivity contribution in [3.05, 3.63) is 111 Å². The predicted molar refractivity (Wildman–Crippen MR) is 153 cm³/mol. The van der Waals surface area contributed by atoms with Crippen LogP contribution in [0.1, 0.15) is 36.5 Å². The number of nitrogens with one attached hydrogen (secondary N) is 1. The fourth-order valence-electron chi connectivity index (χ4n) is 3.92. The van der Waals surface area contributed by atoms with Gasteiger partial charge in [-0.15, -0.1) is 11.8 Å². The van der Waals surface area contributed by atoms with Crippen LogP contribution in [0.5, 0.6) is 0 Å². The van der Waals surface area contributed by atoms with E-state index in [-0.39, 0.29) is 29.8 Å². The molecule has 0 aliphatic rings. The van der Waals surface area contributed by atoms with Gasteiger partial charge in [-0.05, 0) is 29.2 Å². The molecule has 0 radical (unpaired) electrons. The number of non-ortho nitro benzene ring substituents is 1. The lowest BCUT2D eigenvalue weighted by Crippen LogP contribution is -2.51. The molecule has 1 N–H and O–H groups in total. The maximum absolute atomic E-state index is 13.7. The molecular formula is C29H32ClN3O4S. The van der Waals surface area contributed by atoms with Crippen LogP contribution < -0.4 is 5.32 Å². The van der Waals surface area contributed by atoms with E-state index in [1.807, 2.05) is 48.5 Å². The van der Waals surface area contributed by atoms with Gasteiger partial charge in [0.2, 0.25) is 11.8 Å². The predicted octanol–water partition coefficient (Wildman–Crippen LogP) is 6.04. The Bertz CT molecular complexity index is 1210. The molecule has 2 amide bonds. The number of nitro groups is 1. The molecule has 1 atom stereocenters. The van der Waals surface area contributed by atoms with E-state index in [2.05, 4.69) is 12.2 Å². The Kier molecular flexibility index (Phi) is 11.6. The zero-order valence-electron chi connectivity index (χ0n) is 21.3. The van der Waals surface area contributed by atoms with Gasteiger partial charge >= 0.3 is 0 Å². The third-order valence-electron chi connectivity index (χ3n) is 6.04. The number of benzene rings is 3. The Morgan fingerprint density at radius 1 is 1.00 bits per heavy atom. The van der Waals surface area contributed by atoms with Crippen LogP contribution in [0.15, 0.2) is 78.9 Å². The summed E-state index contributed by atoms with van der Waals surface area (Å²) in [5.74, 6) is 0.288. The minimum absolute atomic E-state index is 0.0265. The summed E-state index contributed by atoms with van der Waals surface area (Å²) in [5.41, 5.74) is 2.63. The minimum atomic E-state index is -0.710. The van der Waals surface area contributed by atoms with E-state index in [0.29, 0.717) is 23.7 Å². The molecule has 0 aliphatic heterocycles. The Balaban J connectivity index is 1.81. The van der Waals surface area contributed by atoms with Gasteiger partial charge in [-0.25, -0.2) is 0 Å². The zero-order valence-corrected chi connectivity index (χ0v) is 22.9. The van der Waals surface area contributed by atoms with Gasteiger partial charge < -0.3 is 10.2 Å². The van der Waals surface area contributed by atoms with Crippen molar-refractivity contribution in [1.82, 2.24) is 10.2 Å². The van der Waals surface area contributed by atoms with Crippen LogP contribution in [0.25, 0.3) is 0 Å². The van der Waals surface area contributed by atoms with Crippen molar-refractivity contribution in [2.24, 2.45) is 0 Å².